The molecule has 0 spiro atoms. The molecule has 7 heavy (non-hydrogen) atoms. The Morgan fingerprint density at radius 3 is 2.14 bits per heavy atom. The third-order valence-electron chi connectivity index (χ3n) is 0.464. The van der Waals surface area contributed by atoms with Crippen molar-refractivity contribution in [1.82, 2.24) is 0 Å². The second kappa shape index (κ2) is 6.11. The normalized spacial score (nSPS) is 7.00. The van der Waals surface area contributed by atoms with E-state index in [1.54, 1.807) is 0 Å². The molecule has 3 heteroatoms. The van der Waals surface area contributed by atoms with Gasteiger partial charge in [-0.15, -0.1) is 0 Å². The quantitative estimate of drug-likeness (QED) is 0.563. The molecule has 0 saturated heterocycles. The van der Waals surface area contributed by atoms with Crippen LogP contribution in [0.5, 0.6) is 0 Å². The van der Waals surface area contributed by atoms with Crippen LogP contribution in [0.25, 0.3) is 0 Å². The van der Waals surface area contributed by atoms with Crippen molar-refractivity contribution in [1.29, 1.82) is 0 Å². The first-order valence-electron chi connectivity index (χ1n) is 1.99. The summed E-state index contributed by atoms with van der Waals surface area (Å²) in [6, 6.07) is 0. The molecular weight excluding hydrogens is 150 g/mol. The van der Waals surface area contributed by atoms with E-state index in [0.717, 1.165) is 6.42 Å². The van der Waals surface area contributed by atoms with Crippen molar-refractivity contribution in [2.75, 3.05) is 0 Å². The molecule has 0 bridgehead atoms. The van der Waals surface area contributed by atoms with Gasteiger partial charge in [0.2, 0.25) is 0 Å². The fraction of sp³-hybridized carbons (Fsp3) is 0.750. The number of carboxylic acids is 1. The zero-order valence-corrected chi connectivity index (χ0v) is 3.77. The first kappa shape index (κ1) is 10.2. The predicted octanol–water partition coefficient (Wildman–Crippen LogP) is -0.313. The van der Waals surface area contributed by atoms with Gasteiger partial charge in [0.1, 0.15) is 0 Å². The number of hydrogen-bond acceptors (Lipinski definition) is 1. The van der Waals surface area contributed by atoms with Gasteiger partial charge in [0.25, 0.3) is 0 Å². The second-order valence-corrected chi connectivity index (χ2v) is 1.14. The summed E-state index contributed by atoms with van der Waals surface area (Å²) in [5.74, 6) is -0.711. The van der Waals surface area contributed by atoms with Crippen LogP contribution in [0.4, 0.5) is 0 Å². The summed E-state index contributed by atoms with van der Waals surface area (Å²) in [6.45, 7) is 1.84. The van der Waals surface area contributed by atoms with Gasteiger partial charge in [-0.05, 0) is 6.42 Å². The van der Waals surface area contributed by atoms with Crippen LogP contribution in [0.2, 0.25) is 0 Å². The first-order chi connectivity index (χ1) is 2.77. The van der Waals surface area contributed by atoms with Crippen LogP contribution in [-0.2, 0) is 4.79 Å². The van der Waals surface area contributed by atoms with E-state index in [2.05, 4.69) is 0 Å². The van der Waals surface area contributed by atoms with Gasteiger partial charge < -0.3 is 5.11 Å². The van der Waals surface area contributed by atoms with Gasteiger partial charge in [-0.1, -0.05) is 6.92 Å². The molecule has 0 aromatic rings. The van der Waals surface area contributed by atoms with Crippen LogP contribution in [0.1, 0.15) is 19.8 Å². The fourth-order valence-corrected chi connectivity index (χ4v) is 0.214. The Bertz CT molecular complexity index is 53.7. The first-order valence-corrected chi connectivity index (χ1v) is 1.99. The number of hydrogen-bond donors (Lipinski definition) is 1. The summed E-state index contributed by atoms with van der Waals surface area (Å²) in [4.78, 5) is 9.60. The van der Waals surface area contributed by atoms with Gasteiger partial charge in [0.05, 0.1) is 0 Å². The number of aliphatic carboxylic acids is 1. The minimum absolute atomic E-state index is 0. The molecule has 0 fully saturated rings. The Hall–Kier alpha value is 0.106. The van der Waals surface area contributed by atoms with Crippen LogP contribution in [0.3, 0.4) is 0 Å². The van der Waals surface area contributed by atoms with E-state index in [0.29, 0.717) is 6.42 Å². The van der Waals surface area contributed by atoms with Gasteiger partial charge in [0, 0.05) is 6.42 Å². The number of carboxylic acid groups (broad SMARTS) is 1. The SMILES string of the molecule is CCCC(=O)O.[GaH3]. The Morgan fingerprint density at radius 2 is 2.14 bits per heavy atom. The molecule has 0 aromatic carbocycles. The molecule has 0 atom stereocenters. The van der Waals surface area contributed by atoms with Gasteiger partial charge >= 0.3 is 25.8 Å². The monoisotopic (exact) mass is 160 g/mol. The molecule has 0 aromatic heterocycles. The van der Waals surface area contributed by atoms with Crippen molar-refractivity contribution in [3.05, 3.63) is 0 Å². The van der Waals surface area contributed by atoms with E-state index in [-0.39, 0.29) is 19.8 Å². The second-order valence-electron chi connectivity index (χ2n) is 1.14. The number of carbonyl (C=O) groups is 1. The molecule has 0 amide bonds. The van der Waals surface area contributed by atoms with Crippen LogP contribution in [-0.4, -0.2) is 30.9 Å². The zero-order chi connectivity index (χ0) is 4.99. The topological polar surface area (TPSA) is 37.3 Å². The molecule has 0 aliphatic heterocycles. The van der Waals surface area contributed by atoms with Gasteiger partial charge in [-0.2, -0.15) is 0 Å². The molecule has 1 N–H and O–H groups in total. The molecule has 42 valence electrons. The molecule has 0 radical (unpaired) electrons. The van der Waals surface area contributed by atoms with E-state index in [1.807, 2.05) is 6.92 Å². The van der Waals surface area contributed by atoms with E-state index in [9.17, 15) is 4.79 Å². The Balaban J connectivity index is 0. The zero-order valence-electron chi connectivity index (χ0n) is 3.77. The van der Waals surface area contributed by atoms with Crippen molar-refractivity contribution in [2.24, 2.45) is 0 Å². The van der Waals surface area contributed by atoms with Crippen molar-refractivity contribution < 1.29 is 9.90 Å². The molecule has 0 unspecified atom stereocenters. The van der Waals surface area contributed by atoms with Crippen molar-refractivity contribution in [3.63, 3.8) is 0 Å². The van der Waals surface area contributed by atoms with Gasteiger partial charge in [0.15, 0.2) is 0 Å². The Morgan fingerprint density at radius 1 is 1.71 bits per heavy atom. The van der Waals surface area contributed by atoms with E-state index in [4.69, 9.17) is 5.11 Å². The third kappa shape index (κ3) is 10.7. The van der Waals surface area contributed by atoms with Crippen LogP contribution in [0, 0.1) is 0 Å². The van der Waals surface area contributed by atoms with E-state index in [1.165, 1.54) is 0 Å². The minimum atomic E-state index is -0.711. The van der Waals surface area contributed by atoms with Crippen LogP contribution < -0.4 is 0 Å². The van der Waals surface area contributed by atoms with Crippen molar-refractivity contribution in [3.8, 4) is 0 Å². The summed E-state index contributed by atoms with van der Waals surface area (Å²) < 4.78 is 0. The summed E-state index contributed by atoms with van der Waals surface area (Å²) in [7, 11) is 0. The third-order valence-corrected chi connectivity index (χ3v) is 0.464. The fourth-order valence-electron chi connectivity index (χ4n) is 0.214. The van der Waals surface area contributed by atoms with E-state index >= 15 is 0 Å². The van der Waals surface area contributed by atoms with Crippen LogP contribution in [0.15, 0.2) is 0 Å². The average Bonchev–Trinajstić information content (AvgIpc) is 1.35. The number of rotatable bonds is 2. The molecular formula is C4H11GaO2. The summed E-state index contributed by atoms with van der Waals surface area (Å²) in [5.41, 5.74) is 0. The molecule has 0 aliphatic carbocycles. The van der Waals surface area contributed by atoms with Crippen LogP contribution >= 0.6 is 0 Å². The van der Waals surface area contributed by atoms with E-state index < -0.39 is 5.97 Å². The predicted molar refractivity (Wildman–Crippen MR) is 32.5 cm³/mol. The molecule has 0 rings (SSSR count). The molecule has 0 heterocycles. The standard InChI is InChI=1S/C4H8O2.Ga.3H/c1-2-3-4(5)6;;;;/h2-3H2,1H3,(H,5,6);;;;. The van der Waals surface area contributed by atoms with Crippen molar-refractivity contribution >= 4 is 25.8 Å². The maximum atomic E-state index is 9.60. The molecule has 0 aliphatic rings. The average molecular weight is 161 g/mol. The van der Waals surface area contributed by atoms with Crippen molar-refractivity contribution in [2.45, 2.75) is 19.8 Å². The molecule has 0 saturated carbocycles. The summed E-state index contributed by atoms with van der Waals surface area (Å²) in [6.07, 6.45) is 1.02. The summed E-state index contributed by atoms with van der Waals surface area (Å²) >= 11 is 0. The van der Waals surface area contributed by atoms with Gasteiger partial charge in [-0.3, -0.25) is 4.79 Å². The summed E-state index contributed by atoms with van der Waals surface area (Å²) in [5, 5.41) is 7.91. The molecule has 2 nitrogen and oxygen atoms in total. The maximum absolute atomic E-state index is 9.60. The van der Waals surface area contributed by atoms with Gasteiger partial charge in [-0.25, -0.2) is 0 Å². The Kier molecular flexibility index (Phi) is 8.86. The Labute approximate surface area is 56.0 Å².